The van der Waals surface area contributed by atoms with Crippen molar-refractivity contribution in [1.82, 2.24) is 4.57 Å². The van der Waals surface area contributed by atoms with Crippen LogP contribution in [-0.4, -0.2) is 15.6 Å². The summed E-state index contributed by atoms with van der Waals surface area (Å²) in [5.41, 5.74) is 5.00. The lowest BCUT2D eigenvalue weighted by Gasteiger charge is -2.09. The van der Waals surface area contributed by atoms with Gasteiger partial charge in [-0.1, -0.05) is 47.7 Å². The zero-order valence-electron chi connectivity index (χ0n) is 18.3. The van der Waals surface area contributed by atoms with Crippen LogP contribution in [0.15, 0.2) is 75.1 Å². The molecule has 0 fully saturated rings. The first-order valence-corrected chi connectivity index (χ1v) is 12.0. The Morgan fingerprint density at radius 3 is 2.42 bits per heavy atom. The number of aromatic hydroxyl groups is 1. The van der Waals surface area contributed by atoms with Gasteiger partial charge in [-0.05, 0) is 77.7 Å². The Hall–Kier alpha value is -3.29. The number of aryl methyl sites for hydroxylation is 3. The third kappa shape index (κ3) is 3.67. The second kappa shape index (κ2) is 8.24. The summed E-state index contributed by atoms with van der Waals surface area (Å²) in [6.07, 6.45) is 0. The van der Waals surface area contributed by atoms with Crippen LogP contribution < -0.4 is 15.4 Å². The number of carbonyl (C=O) groups is 1. The van der Waals surface area contributed by atoms with Gasteiger partial charge in [0.05, 0.1) is 22.3 Å². The molecule has 1 aromatic heterocycles. The van der Waals surface area contributed by atoms with E-state index in [1.807, 2.05) is 81.4 Å². The molecular weight excluding hydrogens is 498 g/mol. The minimum atomic E-state index is -0.368. The lowest BCUT2D eigenvalue weighted by molar-refractivity contribution is -0.112. The number of benzene rings is 3. The van der Waals surface area contributed by atoms with Crippen LogP contribution in [0.5, 0.6) is 5.88 Å². The van der Waals surface area contributed by atoms with Crippen LogP contribution in [-0.2, 0) is 4.79 Å². The van der Waals surface area contributed by atoms with Gasteiger partial charge in [0.2, 0.25) is 5.88 Å². The molecule has 5 rings (SSSR count). The largest absolute Gasteiger partial charge is 0.493 e. The highest BCUT2D eigenvalue weighted by atomic mass is 79.9. The summed E-state index contributed by atoms with van der Waals surface area (Å²) in [5.74, 6) is -0.391. The molecule has 5 nitrogen and oxygen atoms in total. The highest BCUT2D eigenvalue weighted by molar-refractivity contribution is 9.10. The highest BCUT2D eigenvalue weighted by Crippen LogP contribution is 2.32. The van der Waals surface area contributed by atoms with E-state index in [1.165, 1.54) is 11.3 Å². The number of halogens is 1. The molecule has 0 radical (unpaired) electrons. The summed E-state index contributed by atoms with van der Waals surface area (Å²) in [4.78, 5) is 23.2. The third-order valence-corrected chi connectivity index (χ3v) is 7.27. The molecule has 1 aliphatic rings. The second-order valence-electron chi connectivity index (χ2n) is 7.99. The Kier molecular flexibility index (Phi) is 5.38. The lowest BCUT2D eigenvalue weighted by atomic mass is 10.1. The smallest absolute Gasteiger partial charge is 0.279 e. The van der Waals surface area contributed by atoms with E-state index < -0.39 is 0 Å². The first kappa shape index (κ1) is 21.6. The van der Waals surface area contributed by atoms with Gasteiger partial charge < -0.3 is 5.11 Å². The minimum absolute atomic E-state index is 0.0225. The van der Waals surface area contributed by atoms with Crippen LogP contribution in [0.3, 0.4) is 0 Å². The van der Waals surface area contributed by atoms with Crippen LogP contribution in [0.4, 0.5) is 5.69 Å². The Labute approximate surface area is 202 Å². The molecule has 0 saturated carbocycles. The van der Waals surface area contributed by atoms with E-state index in [9.17, 15) is 9.90 Å². The first-order chi connectivity index (χ1) is 15.8. The van der Waals surface area contributed by atoms with Crippen LogP contribution in [0, 0.1) is 20.8 Å². The Morgan fingerprint density at radius 1 is 1.00 bits per heavy atom. The Morgan fingerprint density at radius 2 is 1.70 bits per heavy atom. The van der Waals surface area contributed by atoms with Crippen molar-refractivity contribution in [3.63, 3.8) is 0 Å². The van der Waals surface area contributed by atoms with Gasteiger partial charge in [0.15, 0.2) is 4.80 Å². The lowest BCUT2D eigenvalue weighted by Crippen LogP contribution is -2.25. The summed E-state index contributed by atoms with van der Waals surface area (Å²) < 4.78 is 2.47. The van der Waals surface area contributed by atoms with Crippen LogP contribution in [0.1, 0.15) is 21.6 Å². The number of hydrogen-bond donors (Lipinski definition) is 1. The number of amides is 1. The summed E-state index contributed by atoms with van der Waals surface area (Å²) in [5, 5.41) is 12.8. The molecular formula is C26H20BrN3O2S. The molecule has 0 aliphatic carbocycles. The molecule has 1 amide bonds. The van der Waals surface area contributed by atoms with Crippen LogP contribution in [0.2, 0.25) is 0 Å². The second-order valence-corrected chi connectivity index (χ2v) is 9.82. The third-order valence-electron chi connectivity index (χ3n) is 5.62. The maximum Gasteiger partial charge on any atom is 0.279 e. The van der Waals surface area contributed by atoms with Gasteiger partial charge in [0, 0.05) is 9.69 Å². The number of carbonyl (C=O) groups excluding carboxylic acids is 1. The molecule has 1 aliphatic heterocycles. The van der Waals surface area contributed by atoms with E-state index in [0.717, 1.165) is 32.5 Å². The standard InChI is InChI=1S/C26H20BrN3O2S/c1-14-12-17-21(24(31)29-22(17)18(27)13-14)23-25(32)30(20-11-7-5-9-16(20)3)26(33-23)28-19-10-6-4-8-15(19)2/h4-13,32H,1-3H3. The van der Waals surface area contributed by atoms with Crippen LogP contribution >= 0.6 is 27.3 Å². The molecule has 164 valence electrons. The molecule has 2 heterocycles. The average Bonchev–Trinajstić information content (AvgIpc) is 3.26. The van der Waals surface area contributed by atoms with Gasteiger partial charge in [0.25, 0.3) is 5.91 Å². The number of hydrogen-bond acceptors (Lipinski definition) is 4. The van der Waals surface area contributed by atoms with E-state index in [4.69, 9.17) is 4.99 Å². The van der Waals surface area contributed by atoms with Crippen molar-refractivity contribution >= 4 is 44.4 Å². The monoisotopic (exact) mass is 517 g/mol. The Balaban J connectivity index is 1.89. The van der Waals surface area contributed by atoms with Crippen molar-refractivity contribution in [3.05, 3.63) is 102 Å². The molecule has 7 heteroatoms. The van der Waals surface area contributed by atoms with Crippen molar-refractivity contribution < 1.29 is 9.90 Å². The van der Waals surface area contributed by atoms with Crippen molar-refractivity contribution in [2.75, 3.05) is 0 Å². The quantitative estimate of drug-likeness (QED) is 0.434. The number of thiazole rings is 1. The zero-order chi connectivity index (χ0) is 23.3. The fraction of sp³-hybridized carbons (Fsp3) is 0.115. The minimum Gasteiger partial charge on any atom is -0.493 e. The highest BCUT2D eigenvalue weighted by Gasteiger charge is 2.27. The molecule has 33 heavy (non-hydrogen) atoms. The molecule has 3 aromatic carbocycles. The van der Waals surface area contributed by atoms with E-state index in [0.29, 0.717) is 25.8 Å². The molecule has 0 saturated heterocycles. The van der Waals surface area contributed by atoms with Gasteiger partial charge in [-0.3, -0.25) is 9.36 Å². The number of fused-ring (bicyclic) bond motifs is 1. The molecule has 1 N–H and O–H groups in total. The topological polar surface area (TPSA) is 66.9 Å². The fourth-order valence-electron chi connectivity index (χ4n) is 3.96. The number of aromatic nitrogens is 1. The van der Waals surface area contributed by atoms with E-state index in [1.54, 1.807) is 4.57 Å². The Bertz CT molecular complexity index is 1650. The maximum absolute atomic E-state index is 13.0. The van der Waals surface area contributed by atoms with E-state index in [-0.39, 0.29) is 11.8 Å². The molecule has 0 spiro atoms. The predicted molar refractivity (Wildman–Crippen MR) is 134 cm³/mol. The van der Waals surface area contributed by atoms with Gasteiger partial charge >= 0.3 is 0 Å². The summed E-state index contributed by atoms with van der Waals surface area (Å²) in [7, 11) is 0. The van der Waals surface area contributed by atoms with Crippen molar-refractivity contribution in [1.29, 1.82) is 0 Å². The molecule has 4 aromatic rings. The van der Waals surface area contributed by atoms with Gasteiger partial charge in [0.1, 0.15) is 4.88 Å². The zero-order valence-corrected chi connectivity index (χ0v) is 20.7. The average molecular weight is 518 g/mol. The normalized spacial score (nSPS) is 13.4. The summed E-state index contributed by atoms with van der Waals surface area (Å²) >= 11 is 4.80. The maximum atomic E-state index is 13.0. The molecule has 0 atom stereocenters. The SMILES string of the molecule is Cc1cc(Br)c2c(c1)=C(c1sc(=Nc3ccccc3C)n(-c3ccccc3C)c1O)C(=O)N=2. The molecule has 0 bridgehead atoms. The summed E-state index contributed by atoms with van der Waals surface area (Å²) in [6, 6.07) is 19.5. The van der Waals surface area contributed by atoms with Crippen molar-refractivity contribution in [3.8, 4) is 11.6 Å². The van der Waals surface area contributed by atoms with Gasteiger partial charge in [-0.15, -0.1) is 0 Å². The first-order valence-electron chi connectivity index (χ1n) is 10.4. The van der Waals surface area contributed by atoms with E-state index >= 15 is 0 Å². The van der Waals surface area contributed by atoms with Gasteiger partial charge in [-0.2, -0.15) is 0 Å². The number of rotatable bonds is 3. The fourth-order valence-corrected chi connectivity index (χ4v) is 5.71. The number of para-hydroxylation sites is 2. The molecule has 0 unspecified atom stereocenters. The van der Waals surface area contributed by atoms with Gasteiger partial charge in [-0.25, -0.2) is 9.98 Å². The number of nitrogens with zero attached hydrogens (tertiary/aromatic N) is 3. The van der Waals surface area contributed by atoms with Crippen molar-refractivity contribution in [2.24, 2.45) is 9.98 Å². The summed E-state index contributed by atoms with van der Waals surface area (Å²) in [6.45, 7) is 5.94. The van der Waals surface area contributed by atoms with E-state index in [2.05, 4.69) is 20.9 Å². The van der Waals surface area contributed by atoms with Crippen molar-refractivity contribution in [2.45, 2.75) is 20.8 Å². The predicted octanol–water partition coefficient (Wildman–Crippen LogP) is 4.52. The van der Waals surface area contributed by atoms with Crippen LogP contribution in [0.25, 0.3) is 11.3 Å².